The molecule has 1 aliphatic rings. The van der Waals surface area contributed by atoms with Gasteiger partial charge in [-0.05, 0) is 31.4 Å². The van der Waals surface area contributed by atoms with E-state index >= 15 is 0 Å². The predicted octanol–water partition coefficient (Wildman–Crippen LogP) is 2.30. The summed E-state index contributed by atoms with van der Waals surface area (Å²) in [6.07, 6.45) is 1.96. The average Bonchev–Trinajstić information content (AvgIpc) is 2.44. The second kappa shape index (κ2) is 5.72. The average molecular weight is 249 g/mol. The molecule has 0 spiro atoms. The van der Waals surface area contributed by atoms with E-state index in [9.17, 15) is 5.11 Å². The number of aliphatic hydroxyl groups excluding tert-OH is 1. The van der Waals surface area contributed by atoms with E-state index in [2.05, 4.69) is 31.3 Å². The Morgan fingerprint density at radius 2 is 2.22 bits per heavy atom. The number of nitrogens with one attached hydrogen (secondary N) is 1. The summed E-state index contributed by atoms with van der Waals surface area (Å²) in [6.45, 7) is 6.02. The first-order chi connectivity index (χ1) is 8.68. The van der Waals surface area contributed by atoms with E-state index in [1.165, 1.54) is 5.56 Å². The molecule has 2 N–H and O–H groups in total. The zero-order chi connectivity index (χ0) is 13.0. The third-order valence-corrected chi connectivity index (χ3v) is 3.99. The molecule has 0 saturated carbocycles. The van der Waals surface area contributed by atoms with Crippen molar-refractivity contribution in [2.45, 2.75) is 38.1 Å². The Hall–Kier alpha value is -1.06. The third-order valence-electron chi connectivity index (χ3n) is 3.99. The second-order valence-electron chi connectivity index (χ2n) is 5.33. The van der Waals surface area contributed by atoms with Crippen LogP contribution in [0.5, 0.6) is 5.75 Å². The van der Waals surface area contributed by atoms with Crippen molar-refractivity contribution in [2.24, 2.45) is 0 Å². The van der Waals surface area contributed by atoms with Gasteiger partial charge < -0.3 is 15.2 Å². The molecule has 18 heavy (non-hydrogen) atoms. The Balaban J connectivity index is 2.03. The predicted molar refractivity (Wildman–Crippen MR) is 73.1 cm³/mol. The molecule has 0 fully saturated rings. The van der Waals surface area contributed by atoms with Crippen molar-refractivity contribution in [1.29, 1.82) is 0 Å². The number of fused-ring (bicyclic) bond motifs is 1. The number of benzene rings is 1. The minimum atomic E-state index is -0.173. The summed E-state index contributed by atoms with van der Waals surface area (Å²) in [5.74, 6) is 1.49. The number of para-hydroxylation sites is 1. The largest absolute Gasteiger partial charge is 0.493 e. The van der Waals surface area contributed by atoms with E-state index in [-0.39, 0.29) is 12.1 Å². The lowest BCUT2D eigenvalue weighted by molar-refractivity contribution is 0.164. The highest BCUT2D eigenvalue weighted by atomic mass is 16.5. The van der Waals surface area contributed by atoms with Crippen LogP contribution in [0, 0.1) is 0 Å². The molecule has 2 unspecified atom stereocenters. The topological polar surface area (TPSA) is 41.5 Å². The maximum Gasteiger partial charge on any atom is 0.122 e. The normalized spacial score (nSPS) is 21.8. The number of rotatable bonds is 5. The molecular formula is C15H23NO2. The molecular weight excluding hydrogens is 226 g/mol. The van der Waals surface area contributed by atoms with Gasteiger partial charge in [0.05, 0.1) is 13.2 Å². The molecule has 3 heteroatoms. The van der Waals surface area contributed by atoms with Gasteiger partial charge in [0.1, 0.15) is 5.75 Å². The Morgan fingerprint density at radius 3 is 2.94 bits per heavy atom. The van der Waals surface area contributed by atoms with Gasteiger partial charge in [-0.1, -0.05) is 25.1 Å². The highest BCUT2D eigenvalue weighted by molar-refractivity contribution is 5.37. The Labute approximate surface area is 109 Å². The standard InChI is InChI=1S/C15H23NO2/c1-3-15(2,11-17)16-10-12-8-9-18-14-7-5-4-6-13(12)14/h4-7,12,16-17H,3,8-11H2,1-2H3. The smallest absolute Gasteiger partial charge is 0.122 e. The monoisotopic (exact) mass is 249 g/mol. The van der Waals surface area contributed by atoms with Gasteiger partial charge in [0.15, 0.2) is 0 Å². The van der Waals surface area contributed by atoms with Crippen molar-refractivity contribution >= 4 is 0 Å². The van der Waals surface area contributed by atoms with Crippen LogP contribution in [0.15, 0.2) is 24.3 Å². The van der Waals surface area contributed by atoms with Crippen molar-refractivity contribution in [3.63, 3.8) is 0 Å². The fourth-order valence-electron chi connectivity index (χ4n) is 2.29. The molecule has 1 aliphatic heterocycles. The molecule has 1 aromatic rings. The van der Waals surface area contributed by atoms with Gasteiger partial charge in [0.25, 0.3) is 0 Å². The highest BCUT2D eigenvalue weighted by Crippen LogP contribution is 2.33. The molecule has 0 aliphatic carbocycles. The van der Waals surface area contributed by atoms with Crippen molar-refractivity contribution in [2.75, 3.05) is 19.8 Å². The van der Waals surface area contributed by atoms with Crippen LogP contribution in [0.25, 0.3) is 0 Å². The second-order valence-corrected chi connectivity index (χ2v) is 5.33. The van der Waals surface area contributed by atoms with Crippen LogP contribution in [0.4, 0.5) is 0 Å². The zero-order valence-electron chi connectivity index (χ0n) is 11.3. The molecule has 2 rings (SSSR count). The Morgan fingerprint density at radius 1 is 1.44 bits per heavy atom. The van der Waals surface area contributed by atoms with E-state index in [4.69, 9.17) is 4.74 Å². The molecule has 0 aromatic heterocycles. The third kappa shape index (κ3) is 2.85. The molecule has 100 valence electrons. The lowest BCUT2D eigenvalue weighted by atomic mass is 9.91. The van der Waals surface area contributed by atoms with Crippen molar-refractivity contribution in [3.8, 4) is 5.75 Å². The van der Waals surface area contributed by atoms with Crippen molar-refractivity contribution in [1.82, 2.24) is 5.32 Å². The van der Waals surface area contributed by atoms with Crippen LogP contribution in [0.3, 0.4) is 0 Å². The van der Waals surface area contributed by atoms with Gasteiger partial charge in [-0.15, -0.1) is 0 Å². The highest BCUT2D eigenvalue weighted by Gasteiger charge is 2.25. The lowest BCUT2D eigenvalue weighted by Gasteiger charge is -2.32. The van der Waals surface area contributed by atoms with E-state index in [0.29, 0.717) is 5.92 Å². The van der Waals surface area contributed by atoms with Gasteiger partial charge in [-0.2, -0.15) is 0 Å². The van der Waals surface area contributed by atoms with Gasteiger partial charge in [0.2, 0.25) is 0 Å². The quantitative estimate of drug-likeness (QED) is 0.841. The molecule has 1 aromatic carbocycles. The summed E-state index contributed by atoms with van der Waals surface area (Å²) in [6, 6.07) is 8.25. The van der Waals surface area contributed by atoms with E-state index < -0.39 is 0 Å². The molecule has 1 heterocycles. The minimum absolute atomic E-state index is 0.173. The summed E-state index contributed by atoms with van der Waals surface area (Å²) in [7, 11) is 0. The van der Waals surface area contributed by atoms with Gasteiger partial charge >= 0.3 is 0 Å². The van der Waals surface area contributed by atoms with E-state index in [1.54, 1.807) is 0 Å². The van der Waals surface area contributed by atoms with Crippen LogP contribution < -0.4 is 10.1 Å². The van der Waals surface area contributed by atoms with Crippen LogP contribution in [0.2, 0.25) is 0 Å². The lowest BCUT2D eigenvalue weighted by Crippen LogP contribution is -2.47. The maximum atomic E-state index is 9.42. The summed E-state index contributed by atoms with van der Waals surface area (Å²) in [4.78, 5) is 0. The molecule has 0 amide bonds. The first-order valence-corrected chi connectivity index (χ1v) is 6.76. The maximum absolute atomic E-state index is 9.42. The Kier molecular flexibility index (Phi) is 4.25. The molecule has 0 bridgehead atoms. The van der Waals surface area contributed by atoms with Crippen LogP contribution in [-0.4, -0.2) is 30.4 Å². The van der Waals surface area contributed by atoms with Gasteiger partial charge in [-0.3, -0.25) is 0 Å². The summed E-state index contributed by atoms with van der Waals surface area (Å²) >= 11 is 0. The number of aliphatic hydroxyl groups is 1. The molecule has 3 nitrogen and oxygen atoms in total. The van der Waals surface area contributed by atoms with Crippen LogP contribution in [0.1, 0.15) is 38.2 Å². The fourth-order valence-corrected chi connectivity index (χ4v) is 2.29. The van der Waals surface area contributed by atoms with Crippen molar-refractivity contribution in [3.05, 3.63) is 29.8 Å². The summed E-state index contributed by atoms with van der Waals surface area (Å²) in [5.41, 5.74) is 1.11. The number of hydrogen-bond donors (Lipinski definition) is 2. The fraction of sp³-hybridized carbons (Fsp3) is 0.600. The van der Waals surface area contributed by atoms with Crippen molar-refractivity contribution < 1.29 is 9.84 Å². The molecule has 2 atom stereocenters. The Bertz CT molecular complexity index is 388. The summed E-state index contributed by atoms with van der Waals surface area (Å²) in [5, 5.41) is 12.9. The summed E-state index contributed by atoms with van der Waals surface area (Å²) < 4.78 is 5.66. The zero-order valence-corrected chi connectivity index (χ0v) is 11.3. The number of ether oxygens (including phenoxy) is 1. The molecule has 0 saturated heterocycles. The van der Waals surface area contributed by atoms with Crippen LogP contribution in [-0.2, 0) is 0 Å². The van der Waals surface area contributed by atoms with E-state index in [0.717, 1.165) is 31.7 Å². The first-order valence-electron chi connectivity index (χ1n) is 6.76. The first kappa shape index (κ1) is 13.4. The van der Waals surface area contributed by atoms with Crippen LogP contribution >= 0.6 is 0 Å². The minimum Gasteiger partial charge on any atom is -0.493 e. The molecule has 0 radical (unpaired) electrons. The van der Waals surface area contributed by atoms with E-state index in [1.807, 2.05) is 12.1 Å². The van der Waals surface area contributed by atoms with Gasteiger partial charge in [0, 0.05) is 18.0 Å². The SMILES string of the molecule is CCC(C)(CO)NCC1CCOc2ccccc21. The van der Waals surface area contributed by atoms with Gasteiger partial charge in [-0.25, -0.2) is 0 Å². The number of hydrogen-bond acceptors (Lipinski definition) is 3.